The van der Waals surface area contributed by atoms with Gasteiger partial charge in [-0.1, -0.05) is 6.07 Å². The van der Waals surface area contributed by atoms with Gasteiger partial charge in [0, 0.05) is 25.5 Å². The van der Waals surface area contributed by atoms with Crippen LogP contribution >= 0.6 is 0 Å². The van der Waals surface area contributed by atoms with Crippen molar-refractivity contribution in [3.05, 3.63) is 23.3 Å². The van der Waals surface area contributed by atoms with Crippen LogP contribution in [0.4, 0.5) is 0 Å². The molecule has 1 aliphatic carbocycles. The Morgan fingerprint density at radius 1 is 1.32 bits per heavy atom. The third-order valence-electron chi connectivity index (χ3n) is 5.26. The molecule has 1 saturated carbocycles. The smallest absolute Gasteiger partial charge is 0.455 e. The molecular formula is C17H23BN2O8. The molecule has 0 radical (unpaired) electrons. The Kier molecular flexibility index (Phi) is 5.28. The van der Waals surface area contributed by atoms with Crippen molar-refractivity contribution in [1.82, 2.24) is 4.90 Å². The molecule has 11 heteroatoms. The summed E-state index contributed by atoms with van der Waals surface area (Å²) in [5, 5.41) is 47.4. The minimum Gasteiger partial charge on any atom is -0.507 e. The fourth-order valence-electron chi connectivity index (χ4n) is 3.53. The van der Waals surface area contributed by atoms with Crippen molar-refractivity contribution in [2.45, 2.75) is 36.7 Å². The minimum atomic E-state index is -1.52. The van der Waals surface area contributed by atoms with Gasteiger partial charge in [0.05, 0.1) is 0 Å². The van der Waals surface area contributed by atoms with Crippen molar-refractivity contribution in [3.8, 4) is 11.5 Å². The summed E-state index contributed by atoms with van der Waals surface area (Å²) in [6.07, 6.45) is 0.0876. The average Bonchev–Trinajstić information content (AvgIpc) is 3.32. The van der Waals surface area contributed by atoms with E-state index in [9.17, 15) is 29.9 Å². The summed E-state index contributed by atoms with van der Waals surface area (Å²) in [7, 11) is -1.52. The van der Waals surface area contributed by atoms with Crippen molar-refractivity contribution in [1.29, 1.82) is 0 Å². The van der Waals surface area contributed by atoms with Crippen LogP contribution in [0, 0.1) is 0 Å². The first kappa shape index (κ1) is 20.4. The van der Waals surface area contributed by atoms with E-state index in [0.29, 0.717) is 25.1 Å². The topological polar surface area (TPSA) is 174 Å². The lowest BCUT2D eigenvalue weighted by Gasteiger charge is -2.41. The number of carboxylic acids is 2. The molecule has 0 spiro atoms. The summed E-state index contributed by atoms with van der Waals surface area (Å²) in [5.74, 6) is -3.64. The predicted octanol–water partition coefficient (Wildman–Crippen LogP) is -0.714. The molecule has 10 nitrogen and oxygen atoms in total. The number of aliphatic carboxylic acids is 1. The van der Waals surface area contributed by atoms with E-state index in [4.69, 9.17) is 15.6 Å². The van der Waals surface area contributed by atoms with Gasteiger partial charge in [0.1, 0.15) is 28.7 Å². The second-order valence-electron chi connectivity index (χ2n) is 7.76. The molecule has 1 saturated heterocycles. The van der Waals surface area contributed by atoms with Gasteiger partial charge in [-0.15, -0.1) is 0 Å². The summed E-state index contributed by atoms with van der Waals surface area (Å²) in [5.41, 5.74) is 4.29. The van der Waals surface area contributed by atoms with Gasteiger partial charge in [0.2, 0.25) is 0 Å². The Bertz CT molecular complexity index is 794. The Morgan fingerprint density at radius 2 is 1.96 bits per heavy atom. The predicted molar refractivity (Wildman–Crippen MR) is 97.4 cm³/mol. The molecule has 152 valence electrons. The maximum atomic E-state index is 11.6. The van der Waals surface area contributed by atoms with Crippen LogP contribution in [0.3, 0.4) is 0 Å². The average molecular weight is 394 g/mol. The number of benzene rings is 1. The third-order valence-corrected chi connectivity index (χ3v) is 5.26. The number of nitrogens with zero attached hydrogens (tertiary/aromatic N) is 1. The maximum absolute atomic E-state index is 11.6. The molecule has 2 fully saturated rings. The van der Waals surface area contributed by atoms with Gasteiger partial charge >= 0.3 is 19.1 Å². The van der Waals surface area contributed by atoms with E-state index in [0.717, 1.165) is 0 Å². The van der Waals surface area contributed by atoms with Gasteiger partial charge < -0.3 is 35.8 Å². The molecule has 0 amide bonds. The number of carboxylic acid groups (broad SMARTS) is 2. The van der Waals surface area contributed by atoms with Gasteiger partial charge in [-0.2, -0.15) is 0 Å². The molecule has 0 aromatic heterocycles. The maximum Gasteiger partial charge on any atom is 0.455 e. The molecule has 3 atom stereocenters. The van der Waals surface area contributed by atoms with Crippen molar-refractivity contribution < 1.29 is 39.7 Å². The van der Waals surface area contributed by atoms with Gasteiger partial charge in [0.25, 0.3) is 0 Å². The first-order valence-corrected chi connectivity index (χ1v) is 8.88. The van der Waals surface area contributed by atoms with Crippen LogP contribution in [0.5, 0.6) is 11.5 Å². The molecule has 7 N–H and O–H groups in total. The van der Waals surface area contributed by atoms with E-state index in [1.165, 1.54) is 19.1 Å². The van der Waals surface area contributed by atoms with Crippen molar-refractivity contribution in [2.24, 2.45) is 5.73 Å². The molecule has 2 aliphatic rings. The highest BCUT2D eigenvalue weighted by atomic mass is 16.5. The van der Waals surface area contributed by atoms with Crippen LogP contribution in [-0.2, 0) is 4.79 Å². The Labute approximate surface area is 161 Å². The molecule has 0 bridgehead atoms. The zero-order valence-electron chi connectivity index (χ0n) is 15.3. The molecule has 3 rings (SSSR count). The number of rotatable bonds is 8. The van der Waals surface area contributed by atoms with Gasteiger partial charge in [-0.05, 0) is 30.9 Å². The highest BCUT2D eigenvalue weighted by Crippen LogP contribution is 2.56. The van der Waals surface area contributed by atoms with E-state index in [-0.39, 0.29) is 29.9 Å². The van der Waals surface area contributed by atoms with Crippen LogP contribution in [0.2, 0.25) is 5.82 Å². The number of aromatic hydroxyl groups is 1. The van der Waals surface area contributed by atoms with E-state index in [1.54, 1.807) is 4.90 Å². The van der Waals surface area contributed by atoms with Crippen molar-refractivity contribution in [3.63, 3.8) is 0 Å². The quantitative estimate of drug-likeness (QED) is 0.309. The fourth-order valence-corrected chi connectivity index (χ4v) is 3.53. The van der Waals surface area contributed by atoms with E-state index >= 15 is 0 Å². The molecule has 28 heavy (non-hydrogen) atoms. The van der Waals surface area contributed by atoms with Gasteiger partial charge in [-0.3, -0.25) is 9.69 Å². The number of likely N-dealkylation sites (tertiary alicyclic amines) is 1. The number of hydrogen-bond acceptors (Lipinski definition) is 8. The Hall–Kier alpha value is -2.34. The molecular weight excluding hydrogens is 371 g/mol. The highest BCUT2D eigenvalue weighted by molar-refractivity contribution is 6.44. The summed E-state index contributed by atoms with van der Waals surface area (Å²) >= 11 is 0. The van der Waals surface area contributed by atoms with Crippen LogP contribution in [0.25, 0.3) is 0 Å². The number of phenols is 1. The summed E-state index contributed by atoms with van der Waals surface area (Å²) in [6.45, 7) is 2.30. The molecule has 1 heterocycles. The number of nitrogens with two attached hydrogens (primary N) is 1. The number of ether oxygens (including phenoxy) is 1. The van der Waals surface area contributed by atoms with E-state index < -0.39 is 36.2 Å². The van der Waals surface area contributed by atoms with Crippen LogP contribution in [-0.4, -0.2) is 80.6 Å². The first-order valence-electron chi connectivity index (χ1n) is 8.88. The Morgan fingerprint density at radius 3 is 2.46 bits per heavy atom. The summed E-state index contributed by atoms with van der Waals surface area (Å²) in [4.78, 5) is 24.5. The molecule has 0 unspecified atom stereocenters. The zero-order valence-corrected chi connectivity index (χ0v) is 15.3. The first-order chi connectivity index (χ1) is 13.0. The number of hydrogen-bond donors (Lipinski definition) is 6. The van der Waals surface area contributed by atoms with Crippen molar-refractivity contribution >= 4 is 19.1 Å². The number of aromatic carboxylic acids is 1. The SMILES string of the molecule is C[C@@](N)(CN1CC(Oc2ccc([C@@H]3C[C@@H]3B(O)O)c(O)c2C(=O)O)C1)C(=O)O. The molecule has 1 aliphatic heterocycles. The van der Waals surface area contributed by atoms with Crippen molar-refractivity contribution in [2.75, 3.05) is 19.6 Å². The van der Waals surface area contributed by atoms with Crippen LogP contribution in [0.15, 0.2) is 12.1 Å². The van der Waals surface area contributed by atoms with Gasteiger partial charge in [0.15, 0.2) is 0 Å². The summed E-state index contributed by atoms with van der Waals surface area (Å²) in [6, 6.07) is 2.98. The lowest BCUT2D eigenvalue weighted by molar-refractivity contribution is -0.144. The fraction of sp³-hybridized carbons (Fsp3) is 0.529. The second-order valence-corrected chi connectivity index (χ2v) is 7.76. The third kappa shape index (κ3) is 3.92. The standard InChI is InChI=1S/C17H23BN2O8/c1-17(19,16(24)25)7-20-5-8(6-20)28-12-3-2-9(10-4-11(10)18(26)27)14(21)13(12)15(22)23/h2-3,8,10-11,21,26-27H,4-7,19H2,1H3,(H,22,23)(H,24,25)/t10-,11-,17+/m0/s1. The lowest BCUT2D eigenvalue weighted by atomic mass is 9.81. The van der Waals surface area contributed by atoms with E-state index in [2.05, 4.69) is 0 Å². The minimum absolute atomic E-state index is 0.00823. The Balaban J connectivity index is 1.68. The van der Waals surface area contributed by atoms with Gasteiger partial charge in [-0.25, -0.2) is 4.79 Å². The zero-order chi connectivity index (χ0) is 20.8. The van der Waals surface area contributed by atoms with E-state index in [1.807, 2.05) is 0 Å². The van der Waals surface area contributed by atoms with Crippen LogP contribution in [0.1, 0.15) is 35.2 Å². The monoisotopic (exact) mass is 394 g/mol. The summed E-state index contributed by atoms with van der Waals surface area (Å²) < 4.78 is 5.69. The largest absolute Gasteiger partial charge is 0.507 e. The normalized spacial score (nSPS) is 24.1. The molecule has 1 aromatic carbocycles. The number of carbonyl (C=O) groups is 2. The van der Waals surface area contributed by atoms with Crippen LogP contribution < -0.4 is 10.5 Å². The highest BCUT2D eigenvalue weighted by Gasteiger charge is 2.48. The lowest BCUT2D eigenvalue weighted by Crippen LogP contribution is -2.62. The molecule has 1 aromatic rings. The second kappa shape index (κ2) is 7.24.